The van der Waals surface area contributed by atoms with E-state index < -0.39 is 17.8 Å². The highest BCUT2D eigenvalue weighted by Gasteiger charge is 2.44. The van der Waals surface area contributed by atoms with E-state index in [1.165, 1.54) is 11.9 Å². The fourth-order valence-corrected chi connectivity index (χ4v) is 9.29. The molecule has 6 aromatic rings. The number of imide groups is 1. The van der Waals surface area contributed by atoms with E-state index in [-0.39, 0.29) is 29.0 Å². The molecule has 2 aliphatic carbocycles. The molecule has 0 radical (unpaired) electrons. The number of nitrogens with zero attached hydrogens (tertiary/aromatic N) is 6. The molecule has 2 atom stereocenters. The number of rotatable bonds is 9. The number of anilines is 1. The fourth-order valence-electron chi connectivity index (χ4n) is 9.29. The summed E-state index contributed by atoms with van der Waals surface area (Å²) in [4.78, 5) is 58.8. The summed E-state index contributed by atoms with van der Waals surface area (Å²) in [7, 11) is 0. The highest BCUT2D eigenvalue weighted by Crippen LogP contribution is 2.46. The Balaban J connectivity index is 0.788. The predicted molar refractivity (Wildman–Crippen MR) is 219 cm³/mol. The molecule has 3 amide bonds. The predicted octanol–water partition coefficient (Wildman–Crippen LogP) is 6.74. The second-order valence-corrected chi connectivity index (χ2v) is 17.1. The fraction of sp³-hybridized carbons (Fsp3) is 0.400. The Morgan fingerprint density at radius 3 is 2.51 bits per heavy atom. The number of carbonyl (C=O) groups excluding carboxylic acids is 3. The van der Waals surface area contributed by atoms with E-state index in [1.807, 2.05) is 13.0 Å². The summed E-state index contributed by atoms with van der Waals surface area (Å²) in [5.74, 6) is -0.569. The topological polar surface area (TPSA) is 162 Å². The molecule has 3 aromatic heterocycles. The number of piperazine rings is 1. The highest BCUT2D eigenvalue weighted by atomic mass is 19.1. The van der Waals surface area contributed by atoms with Crippen LogP contribution in [0.3, 0.4) is 0 Å². The van der Waals surface area contributed by atoms with Crippen molar-refractivity contribution in [3.05, 3.63) is 101 Å². The smallest absolute Gasteiger partial charge is 0.315 e. The van der Waals surface area contributed by atoms with Crippen LogP contribution < -0.4 is 15.5 Å². The summed E-state index contributed by atoms with van der Waals surface area (Å²) in [5.41, 5.74) is 6.77. The third-order valence-electron chi connectivity index (χ3n) is 13.4. The van der Waals surface area contributed by atoms with E-state index in [0.717, 1.165) is 79.4 Å². The summed E-state index contributed by atoms with van der Waals surface area (Å²) >= 11 is 0. The number of piperidine rings is 1. The van der Waals surface area contributed by atoms with Gasteiger partial charge in [0.15, 0.2) is 5.82 Å². The van der Waals surface area contributed by atoms with Gasteiger partial charge in [0.2, 0.25) is 11.8 Å². The van der Waals surface area contributed by atoms with Gasteiger partial charge in [0.1, 0.15) is 17.8 Å². The minimum Gasteiger partial charge on any atom is -0.369 e. The molecule has 4 aliphatic rings. The summed E-state index contributed by atoms with van der Waals surface area (Å²) in [5, 5.41) is 11.0. The second-order valence-electron chi connectivity index (χ2n) is 17.1. The molecule has 2 saturated heterocycles. The molecular weight excluding hydrogens is 750 g/mol. The summed E-state index contributed by atoms with van der Waals surface area (Å²) in [6.07, 6.45) is 6.60. The lowest BCUT2D eigenvalue weighted by Gasteiger charge is -2.47. The normalized spacial score (nSPS) is 22.3. The third-order valence-corrected chi connectivity index (χ3v) is 13.4. The van der Waals surface area contributed by atoms with Crippen LogP contribution in [0.5, 0.6) is 0 Å². The molecule has 0 bridgehead atoms. The first-order chi connectivity index (χ1) is 28.5. The van der Waals surface area contributed by atoms with E-state index in [9.17, 15) is 14.4 Å². The molecular formula is C45H46FN9O4. The van der Waals surface area contributed by atoms with Crippen molar-refractivity contribution in [2.75, 3.05) is 31.1 Å². The molecule has 10 rings (SSSR count). The minimum atomic E-state index is -0.514. The second kappa shape index (κ2) is 14.4. The van der Waals surface area contributed by atoms with Gasteiger partial charge in [-0.2, -0.15) is 4.98 Å². The lowest BCUT2D eigenvalue weighted by Crippen LogP contribution is -2.53. The first kappa shape index (κ1) is 37.3. The number of benzene rings is 3. The lowest BCUT2D eigenvalue weighted by molar-refractivity contribution is -0.134. The zero-order valence-corrected chi connectivity index (χ0v) is 33.3. The van der Waals surface area contributed by atoms with Gasteiger partial charge in [-0.3, -0.25) is 24.6 Å². The molecule has 14 heteroatoms. The Morgan fingerprint density at radius 1 is 1.00 bits per heavy atom. The zero-order chi connectivity index (χ0) is 40.6. The molecule has 13 nitrogen and oxygen atoms in total. The number of halogens is 1. The van der Waals surface area contributed by atoms with Crippen molar-refractivity contribution < 1.29 is 23.3 Å². The summed E-state index contributed by atoms with van der Waals surface area (Å²) < 4.78 is 21.6. The quantitative estimate of drug-likeness (QED) is 0.134. The van der Waals surface area contributed by atoms with Crippen LogP contribution in [-0.4, -0.2) is 79.9 Å². The number of aromatic nitrogens is 5. The van der Waals surface area contributed by atoms with Gasteiger partial charge in [0.05, 0.1) is 23.0 Å². The Morgan fingerprint density at radius 2 is 1.76 bits per heavy atom. The Kier molecular flexibility index (Phi) is 9.07. The SMILES string of the molecule is Cc1c([C@@H](C)NC(=O)c2nc(C3(C)CC3)no2)ccc(-c2ncnc3[nH]c4cc(N5CCN(C6CC(c7ccc([C@@H]8CCC(=O)NC8=O)cc7)C6)CC5)ccc4c23)c1F. The van der Waals surface area contributed by atoms with Crippen molar-refractivity contribution in [1.82, 2.24) is 40.6 Å². The van der Waals surface area contributed by atoms with Crippen LogP contribution in [0.4, 0.5) is 10.1 Å². The number of aromatic amines is 1. The third kappa shape index (κ3) is 6.72. The van der Waals surface area contributed by atoms with Crippen molar-refractivity contribution in [3.8, 4) is 11.3 Å². The number of nitrogens with one attached hydrogen (secondary N) is 3. The first-order valence-electron chi connectivity index (χ1n) is 20.7. The number of amides is 3. The molecule has 59 heavy (non-hydrogen) atoms. The van der Waals surface area contributed by atoms with Gasteiger partial charge in [0.25, 0.3) is 0 Å². The average Bonchev–Trinajstić information content (AvgIpc) is 3.59. The molecule has 2 aliphatic heterocycles. The number of carbonyl (C=O) groups is 3. The van der Waals surface area contributed by atoms with Crippen molar-refractivity contribution in [1.29, 1.82) is 0 Å². The average molecular weight is 796 g/mol. The van der Waals surface area contributed by atoms with Crippen molar-refractivity contribution in [2.45, 2.75) is 88.6 Å². The monoisotopic (exact) mass is 795 g/mol. The Labute approximate surface area is 340 Å². The standard InChI is InChI=1S/C45H46FN9O4/c1-24-31(25(2)49-42(58)43-52-44(53-59-43)45(3)14-15-45)10-11-34(38(24)46)39-37-33-9-8-29(22-35(33)50-40(37)48-23-47-39)54-16-18-55(19-17-54)30-20-28(21-30)26-4-6-27(7-5-26)32-12-13-36(56)51-41(32)57/h4-11,22-23,25,28,30,32H,12-21H2,1-3H3,(H,49,58)(H,47,48,50)(H,51,56,57)/t25-,28?,30?,32+/m1/s1. The van der Waals surface area contributed by atoms with E-state index >= 15 is 4.39 Å². The number of fused-ring (bicyclic) bond motifs is 3. The molecule has 3 aromatic carbocycles. The largest absolute Gasteiger partial charge is 0.369 e. The van der Waals surface area contributed by atoms with Crippen molar-refractivity contribution in [3.63, 3.8) is 0 Å². The van der Waals surface area contributed by atoms with Gasteiger partial charge >= 0.3 is 11.8 Å². The molecule has 3 N–H and O–H groups in total. The number of H-pyrrole nitrogens is 1. The molecule has 4 fully saturated rings. The van der Waals surface area contributed by atoms with Gasteiger partial charge < -0.3 is 19.7 Å². The molecule has 302 valence electrons. The van der Waals surface area contributed by atoms with Gasteiger partial charge in [-0.1, -0.05) is 48.5 Å². The summed E-state index contributed by atoms with van der Waals surface area (Å²) in [6.45, 7) is 9.37. The minimum absolute atomic E-state index is 0.0968. The zero-order valence-electron chi connectivity index (χ0n) is 33.3. The van der Waals surface area contributed by atoms with Crippen LogP contribution in [0.2, 0.25) is 0 Å². The van der Waals surface area contributed by atoms with Crippen LogP contribution in [0.1, 0.15) is 109 Å². The Hall–Kier alpha value is -6.02. The highest BCUT2D eigenvalue weighted by molar-refractivity contribution is 6.12. The number of hydrogen-bond donors (Lipinski definition) is 3. The summed E-state index contributed by atoms with van der Waals surface area (Å²) in [6, 6.07) is 18.4. The molecule has 5 heterocycles. The van der Waals surface area contributed by atoms with E-state index in [4.69, 9.17) is 4.52 Å². The van der Waals surface area contributed by atoms with Gasteiger partial charge in [-0.15, -0.1) is 0 Å². The lowest BCUT2D eigenvalue weighted by atomic mass is 9.74. The first-order valence-corrected chi connectivity index (χ1v) is 20.7. The molecule has 0 spiro atoms. The van der Waals surface area contributed by atoms with Crippen LogP contribution in [-0.2, 0) is 15.0 Å². The maximum Gasteiger partial charge on any atom is 0.315 e. The Bertz CT molecular complexity index is 2640. The maximum absolute atomic E-state index is 16.3. The van der Waals surface area contributed by atoms with Gasteiger partial charge in [-0.05, 0) is 92.3 Å². The molecule has 2 saturated carbocycles. The van der Waals surface area contributed by atoms with Crippen LogP contribution in [0.15, 0.2) is 65.4 Å². The van der Waals surface area contributed by atoms with E-state index in [0.29, 0.717) is 58.7 Å². The molecule has 0 unspecified atom stereocenters. The van der Waals surface area contributed by atoms with Crippen LogP contribution >= 0.6 is 0 Å². The number of hydrogen-bond acceptors (Lipinski definition) is 10. The van der Waals surface area contributed by atoms with Gasteiger partial charge in [-0.25, -0.2) is 14.4 Å². The van der Waals surface area contributed by atoms with Gasteiger partial charge in [0, 0.05) is 66.2 Å². The van der Waals surface area contributed by atoms with Crippen LogP contribution in [0.25, 0.3) is 33.2 Å². The van der Waals surface area contributed by atoms with E-state index in [1.54, 1.807) is 19.9 Å². The van der Waals surface area contributed by atoms with Crippen LogP contribution in [0, 0.1) is 12.7 Å². The van der Waals surface area contributed by atoms with Crippen molar-refractivity contribution in [2.24, 2.45) is 0 Å². The maximum atomic E-state index is 16.3. The van der Waals surface area contributed by atoms with Crippen molar-refractivity contribution >= 4 is 45.3 Å². The van der Waals surface area contributed by atoms with E-state index in [2.05, 4.69) is 88.0 Å².